The average molecular weight is 443 g/mol. The highest BCUT2D eigenvalue weighted by Gasteiger charge is 2.58. The number of hydrogen-bond acceptors (Lipinski definition) is 2. The van der Waals surface area contributed by atoms with E-state index in [9.17, 15) is 10.2 Å². The molecule has 32 heavy (non-hydrogen) atoms. The lowest BCUT2D eigenvalue weighted by Crippen LogP contribution is -2.56. The summed E-state index contributed by atoms with van der Waals surface area (Å²) in [6, 6.07) is 0. The predicted octanol–water partition coefficient (Wildman–Crippen LogP) is 7.31. The van der Waals surface area contributed by atoms with Crippen molar-refractivity contribution in [2.45, 2.75) is 118 Å². The van der Waals surface area contributed by atoms with E-state index in [1.807, 2.05) is 0 Å². The molecular formula is C30H50O2. The monoisotopic (exact) mass is 442 g/mol. The molecule has 0 aromatic carbocycles. The van der Waals surface area contributed by atoms with E-state index in [2.05, 4.69) is 54.7 Å². The molecule has 8 atom stereocenters. The molecule has 0 radical (unpaired) electrons. The molecule has 0 aromatic rings. The molecule has 182 valence electrons. The molecule has 0 saturated heterocycles. The predicted molar refractivity (Wildman–Crippen MR) is 134 cm³/mol. The fourth-order valence-electron chi connectivity index (χ4n) is 9.73. The number of allylic oxidation sites excluding steroid dienone is 2. The zero-order valence-corrected chi connectivity index (χ0v) is 21.8. The van der Waals surface area contributed by atoms with Crippen LogP contribution in [0.1, 0.15) is 106 Å². The summed E-state index contributed by atoms with van der Waals surface area (Å²) in [6.45, 7) is 23.4. The van der Waals surface area contributed by atoms with E-state index in [1.165, 1.54) is 36.8 Å². The fraction of sp³-hybridized carbons (Fsp3) is 0.867. The van der Waals surface area contributed by atoms with Crippen LogP contribution in [0.4, 0.5) is 0 Å². The number of rotatable bonds is 3. The Kier molecular flexibility index (Phi) is 6.11. The smallest absolute Gasteiger partial charge is 0.0594 e. The van der Waals surface area contributed by atoms with Crippen LogP contribution in [0.3, 0.4) is 0 Å². The molecule has 4 saturated carbocycles. The van der Waals surface area contributed by atoms with Gasteiger partial charge in [-0.25, -0.2) is 0 Å². The van der Waals surface area contributed by atoms with E-state index < -0.39 is 0 Å². The first-order valence-corrected chi connectivity index (χ1v) is 13.5. The zero-order valence-electron chi connectivity index (χ0n) is 21.8. The highest BCUT2D eigenvalue weighted by molar-refractivity contribution is 5.20. The van der Waals surface area contributed by atoms with E-state index in [1.54, 1.807) is 0 Å². The molecule has 0 aromatic heterocycles. The minimum Gasteiger partial charge on any atom is -0.393 e. The van der Waals surface area contributed by atoms with Crippen LogP contribution < -0.4 is 0 Å². The highest BCUT2D eigenvalue weighted by Crippen LogP contribution is 2.64. The lowest BCUT2D eigenvalue weighted by atomic mass is 9.44. The summed E-state index contributed by atoms with van der Waals surface area (Å²) in [5, 5.41) is 21.6. The molecule has 0 amide bonds. The van der Waals surface area contributed by atoms with Crippen molar-refractivity contribution in [1.29, 1.82) is 0 Å². The van der Waals surface area contributed by atoms with Crippen LogP contribution in [0.2, 0.25) is 0 Å². The van der Waals surface area contributed by atoms with Crippen LogP contribution in [0.15, 0.2) is 24.3 Å². The van der Waals surface area contributed by atoms with Crippen molar-refractivity contribution >= 4 is 0 Å². The van der Waals surface area contributed by atoms with E-state index in [4.69, 9.17) is 0 Å². The second-order valence-corrected chi connectivity index (χ2v) is 13.9. The van der Waals surface area contributed by atoms with E-state index in [-0.39, 0.29) is 33.9 Å². The van der Waals surface area contributed by atoms with Gasteiger partial charge in [0.1, 0.15) is 0 Å². The SMILES string of the molecule is C=C1CCC2C(C)(C)[C@@H](O)CC[C@]2(C)C1CCC1C(=C)CCC2C(C)(C)[C@@H](O)CC[C@]12C. The van der Waals surface area contributed by atoms with Crippen LogP contribution in [0, 0.1) is 45.3 Å². The van der Waals surface area contributed by atoms with Gasteiger partial charge in [-0.2, -0.15) is 0 Å². The number of fused-ring (bicyclic) bond motifs is 2. The fourth-order valence-corrected chi connectivity index (χ4v) is 9.73. The average Bonchev–Trinajstić information content (AvgIpc) is 2.69. The normalized spacial score (nSPS) is 48.1. The number of hydrogen-bond donors (Lipinski definition) is 2. The Morgan fingerprint density at radius 1 is 0.656 bits per heavy atom. The summed E-state index contributed by atoms with van der Waals surface area (Å²) < 4.78 is 0. The van der Waals surface area contributed by atoms with Gasteiger partial charge >= 0.3 is 0 Å². The summed E-state index contributed by atoms with van der Waals surface area (Å²) in [6.07, 6.45) is 10.7. The second-order valence-electron chi connectivity index (χ2n) is 13.9. The molecule has 0 spiro atoms. The Bertz CT molecular complexity index is 699. The Balaban J connectivity index is 1.57. The van der Waals surface area contributed by atoms with Crippen molar-refractivity contribution in [3.63, 3.8) is 0 Å². The third kappa shape index (κ3) is 3.49. The largest absolute Gasteiger partial charge is 0.393 e. The molecular weight excluding hydrogens is 392 g/mol. The molecule has 4 rings (SSSR count). The molecule has 2 nitrogen and oxygen atoms in total. The van der Waals surface area contributed by atoms with Gasteiger partial charge in [-0.1, -0.05) is 65.8 Å². The van der Waals surface area contributed by atoms with Crippen molar-refractivity contribution in [3.05, 3.63) is 24.3 Å². The number of aliphatic hydroxyl groups is 2. The van der Waals surface area contributed by atoms with Crippen molar-refractivity contribution < 1.29 is 10.2 Å². The third-order valence-corrected chi connectivity index (χ3v) is 11.8. The first-order valence-electron chi connectivity index (χ1n) is 13.5. The van der Waals surface area contributed by atoms with Gasteiger partial charge in [-0.15, -0.1) is 0 Å². The summed E-state index contributed by atoms with van der Waals surface area (Å²) >= 11 is 0. The maximum atomic E-state index is 10.8. The summed E-state index contributed by atoms with van der Waals surface area (Å²) in [5.41, 5.74) is 3.38. The molecule has 0 bridgehead atoms. The van der Waals surface area contributed by atoms with Crippen molar-refractivity contribution in [2.24, 2.45) is 45.3 Å². The van der Waals surface area contributed by atoms with Gasteiger partial charge < -0.3 is 10.2 Å². The van der Waals surface area contributed by atoms with Gasteiger partial charge in [0, 0.05) is 0 Å². The Hall–Kier alpha value is -0.600. The van der Waals surface area contributed by atoms with Crippen molar-refractivity contribution in [3.8, 4) is 0 Å². The van der Waals surface area contributed by atoms with Crippen LogP contribution in [-0.4, -0.2) is 22.4 Å². The zero-order chi connectivity index (χ0) is 23.7. The number of aliphatic hydroxyl groups excluding tert-OH is 2. The van der Waals surface area contributed by atoms with Crippen LogP contribution >= 0.6 is 0 Å². The van der Waals surface area contributed by atoms with Crippen molar-refractivity contribution in [1.82, 2.24) is 0 Å². The lowest BCUT2D eigenvalue weighted by Gasteiger charge is -2.61. The standard InChI is InChI=1S/C30H50O2/c1-19-9-13-23-27(3,4)25(31)15-17-29(23,7)21(19)11-12-22-20(2)10-14-24-28(5,6)26(32)16-18-30(22,24)8/h21-26,31-32H,1-2,9-18H2,3-8H3/t21?,22?,23?,24?,25-,26-,29+,30+/m0/s1. The van der Waals surface area contributed by atoms with Gasteiger partial charge in [0.2, 0.25) is 0 Å². The highest BCUT2D eigenvalue weighted by atomic mass is 16.3. The lowest BCUT2D eigenvalue weighted by molar-refractivity contribution is -0.134. The van der Waals surface area contributed by atoms with Gasteiger partial charge in [0.15, 0.2) is 0 Å². The van der Waals surface area contributed by atoms with Gasteiger partial charge in [0.25, 0.3) is 0 Å². The van der Waals surface area contributed by atoms with Gasteiger partial charge in [0.05, 0.1) is 12.2 Å². The molecule has 4 aliphatic carbocycles. The van der Waals surface area contributed by atoms with Gasteiger partial charge in [-0.3, -0.25) is 0 Å². The molecule has 4 aliphatic rings. The molecule has 0 aliphatic heterocycles. The minimum absolute atomic E-state index is 0.0129. The Morgan fingerprint density at radius 2 is 1.00 bits per heavy atom. The minimum atomic E-state index is -0.179. The van der Waals surface area contributed by atoms with E-state index in [0.717, 1.165) is 38.5 Å². The van der Waals surface area contributed by atoms with Crippen LogP contribution in [-0.2, 0) is 0 Å². The van der Waals surface area contributed by atoms with Crippen LogP contribution in [0.25, 0.3) is 0 Å². The molecule has 4 unspecified atom stereocenters. The second kappa shape index (κ2) is 7.98. The Morgan fingerprint density at radius 3 is 1.34 bits per heavy atom. The summed E-state index contributed by atoms with van der Waals surface area (Å²) in [7, 11) is 0. The summed E-state index contributed by atoms with van der Waals surface area (Å²) in [4.78, 5) is 0. The van der Waals surface area contributed by atoms with Gasteiger partial charge in [-0.05, 0) is 110 Å². The first-order chi connectivity index (χ1) is 14.8. The molecule has 2 heteroatoms. The van der Waals surface area contributed by atoms with E-state index in [0.29, 0.717) is 23.7 Å². The third-order valence-electron chi connectivity index (χ3n) is 11.8. The topological polar surface area (TPSA) is 40.5 Å². The van der Waals surface area contributed by atoms with Crippen LogP contribution in [0.5, 0.6) is 0 Å². The van der Waals surface area contributed by atoms with E-state index >= 15 is 0 Å². The quantitative estimate of drug-likeness (QED) is 0.450. The van der Waals surface area contributed by atoms with Crippen molar-refractivity contribution in [2.75, 3.05) is 0 Å². The molecule has 0 heterocycles. The molecule has 4 fully saturated rings. The molecule has 2 N–H and O–H groups in total. The maximum absolute atomic E-state index is 10.8. The summed E-state index contributed by atoms with van der Waals surface area (Å²) in [5.74, 6) is 2.23. The first kappa shape index (κ1) is 24.5. The Labute approximate surface area is 198 Å². The maximum Gasteiger partial charge on any atom is 0.0594 e.